The van der Waals surface area contributed by atoms with E-state index in [1.165, 1.54) is 11.3 Å². The summed E-state index contributed by atoms with van der Waals surface area (Å²) >= 11 is 7.03. The summed E-state index contributed by atoms with van der Waals surface area (Å²) in [6.45, 7) is 0. The van der Waals surface area contributed by atoms with Gasteiger partial charge in [-0.05, 0) is 12.1 Å². The molecule has 2 rings (SSSR count). The van der Waals surface area contributed by atoms with E-state index in [0.717, 1.165) is 4.88 Å². The number of nitrogens with zero attached hydrogens (tertiary/aromatic N) is 2. The molecule has 0 aliphatic heterocycles. The summed E-state index contributed by atoms with van der Waals surface area (Å²) in [5, 5.41) is 15.8. The maximum Gasteiger partial charge on any atom is 0.312 e. The molecule has 2 heterocycles. The molecule has 2 aromatic rings. The molecule has 0 unspecified atom stereocenters. The van der Waals surface area contributed by atoms with Gasteiger partial charge < -0.3 is 9.52 Å². The maximum atomic E-state index is 10.4. The van der Waals surface area contributed by atoms with Gasteiger partial charge in [0.05, 0.1) is 9.21 Å². The zero-order chi connectivity index (χ0) is 10.8. The highest BCUT2D eigenvalue weighted by atomic mass is 35.5. The molecule has 2 aromatic heterocycles. The second-order valence-corrected chi connectivity index (χ2v) is 4.39. The molecular formula is C8H5ClN2O3S. The van der Waals surface area contributed by atoms with Crippen molar-refractivity contribution in [3.8, 4) is 10.8 Å². The van der Waals surface area contributed by atoms with E-state index in [2.05, 4.69) is 10.2 Å². The van der Waals surface area contributed by atoms with Gasteiger partial charge in [-0.1, -0.05) is 11.6 Å². The third-order valence-electron chi connectivity index (χ3n) is 1.55. The van der Waals surface area contributed by atoms with E-state index in [-0.39, 0.29) is 12.3 Å². The molecule has 0 bridgehead atoms. The van der Waals surface area contributed by atoms with Crippen LogP contribution in [-0.4, -0.2) is 21.3 Å². The normalized spacial score (nSPS) is 10.5. The third kappa shape index (κ3) is 2.34. The van der Waals surface area contributed by atoms with E-state index in [0.29, 0.717) is 10.2 Å². The number of carboxylic acids is 1. The summed E-state index contributed by atoms with van der Waals surface area (Å²) in [5.74, 6) is -0.625. The standard InChI is InChI=1S/C8H5ClN2O3S/c9-5-2-1-4(15-5)8-11-10-6(14-8)3-7(12)13/h1-2H,3H2,(H,12,13). The summed E-state index contributed by atoms with van der Waals surface area (Å²) in [6.07, 6.45) is -0.272. The molecule has 0 radical (unpaired) electrons. The lowest BCUT2D eigenvalue weighted by Crippen LogP contribution is -1.99. The predicted octanol–water partition coefficient (Wildman–Crippen LogP) is 2.08. The summed E-state index contributed by atoms with van der Waals surface area (Å²) in [4.78, 5) is 11.1. The average Bonchev–Trinajstić information content (AvgIpc) is 2.72. The second-order valence-electron chi connectivity index (χ2n) is 2.68. The van der Waals surface area contributed by atoms with E-state index >= 15 is 0 Å². The molecule has 0 spiro atoms. The lowest BCUT2D eigenvalue weighted by atomic mass is 10.4. The number of aliphatic carboxylic acids is 1. The van der Waals surface area contributed by atoms with Crippen molar-refractivity contribution in [2.45, 2.75) is 6.42 Å². The van der Waals surface area contributed by atoms with Crippen LogP contribution in [0.2, 0.25) is 4.34 Å². The summed E-state index contributed by atoms with van der Waals surface area (Å²) in [6, 6.07) is 3.45. The van der Waals surface area contributed by atoms with Crippen molar-refractivity contribution in [2.24, 2.45) is 0 Å². The number of hydrogen-bond acceptors (Lipinski definition) is 5. The molecule has 7 heteroatoms. The van der Waals surface area contributed by atoms with Gasteiger partial charge in [0, 0.05) is 0 Å². The van der Waals surface area contributed by atoms with E-state index in [4.69, 9.17) is 21.1 Å². The Bertz CT molecular complexity index is 494. The molecule has 0 saturated heterocycles. The van der Waals surface area contributed by atoms with Gasteiger partial charge in [-0.3, -0.25) is 4.79 Å². The van der Waals surface area contributed by atoms with Crippen molar-refractivity contribution in [3.63, 3.8) is 0 Å². The van der Waals surface area contributed by atoms with Gasteiger partial charge in [-0.2, -0.15) is 0 Å². The lowest BCUT2D eigenvalue weighted by molar-refractivity contribution is -0.136. The second kappa shape index (κ2) is 4.00. The fraction of sp³-hybridized carbons (Fsp3) is 0.125. The van der Waals surface area contributed by atoms with Crippen LogP contribution < -0.4 is 0 Å². The maximum absolute atomic E-state index is 10.4. The molecule has 0 aliphatic rings. The Balaban J connectivity index is 2.23. The van der Waals surface area contributed by atoms with Crippen LogP contribution in [0.15, 0.2) is 16.5 Å². The van der Waals surface area contributed by atoms with Crippen LogP contribution in [0.5, 0.6) is 0 Å². The van der Waals surface area contributed by atoms with Crippen molar-refractivity contribution in [1.29, 1.82) is 0 Å². The number of aromatic nitrogens is 2. The Morgan fingerprint density at radius 1 is 1.53 bits per heavy atom. The molecule has 0 aliphatic carbocycles. The monoisotopic (exact) mass is 244 g/mol. The fourth-order valence-corrected chi connectivity index (χ4v) is 1.95. The zero-order valence-electron chi connectivity index (χ0n) is 7.31. The number of halogens is 1. The molecular weight excluding hydrogens is 240 g/mol. The molecule has 15 heavy (non-hydrogen) atoms. The predicted molar refractivity (Wildman–Crippen MR) is 54.0 cm³/mol. The van der Waals surface area contributed by atoms with E-state index in [1.807, 2.05) is 0 Å². The lowest BCUT2D eigenvalue weighted by Gasteiger charge is -1.86. The van der Waals surface area contributed by atoms with Crippen LogP contribution in [-0.2, 0) is 11.2 Å². The summed E-state index contributed by atoms with van der Waals surface area (Å²) < 4.78 is 5.76. The Morgan fingerprint density at radius 3 is 2.93 bits per heavy atom. The molecule has 5 nitrogen and oxygen atoms in total. The van der Waals surface area contributed by atoms with Crippen molar-refractivity contribution < 1.29 is 14.3 Å². The Kier molecular flexibility index (Phi) is 2.70. The van der Waals surface area contributed by atoms with Crippen molar-refractivity contribution in [1.82, 2.24) is 10.2 Å². The minimum atomic E-state index is -1.01. The average molecular weight is 245 g/mol. The smallest absolute Gasteiger partial charge is 0.312 e. The van der Waals surface area contributed by atoms with Crippen molar-refractivity contribution >= 4 is 28.9 Å². The molecule has 0 amide bonds. The first-order valence-electron chi connectivity index (χ1n) is 3.95. The van der Waals surface area contributed by atoms with Gasteiger partial charge in [-0.15, -0.1) is 21.5 Å². The SMILES string of the molecule is O=C(O)Cc1nnc(-c2ccc(Cl)s2)o1. The van der Waals surface area contributed by atoms with Crippen LogP contribution in [0, 0.1) is 0 Å². The Hall–Kier alpha value is -1.40. The Labute approximate surface area is 93.3 Å². The molecule has 1 N–H and O–H groups in total. The highest BCUT2D eigenvalue weighted by molar-refractivity contribution is 7.19. The topological polar surface area (TPSA) is 76.2 Å². The number of thiophene rings is 1. The first-order valence-corrected chi connectivity index (χ1v) is 5.14. The molecule has 78 valence electrons. The number of carboxylic acid groups (broad SMARTS) is 1. The molecule has 0 aromatic carbocycles. The van der Waals surface area contributed by atoms with Crippen molar-refractivity contribution in [3.05, 3.63) is 22.4 Å². The van der Waals surface area contributed by atoms with E-state index in [1.54, 1.807) is 12.1 Å². The van der Waals surface area contributed by atoms with Gasteiger partial charge in [0.2, 0.25) is 5.89 Å². The first-order chi connectivity index (χ1) is 7.15. The molecule has 0 fully saturated rings. The van der Waals surface area contributed by atoms with E-state index in [9.17, 15) is 4.79 Å². The van der Waals surface area contributed by atoms with E-state index < -0.39 is 5.97 Å². The van der Waals surface area contributed by atoms with Crippen LogP contribution in [0.4, 0.5) is 0 Å². The summed E-state index contributed by atoms with van der Waals surface area (Å²) in [7, 11) is 0. The van der Waals surface area contributed by atoms with Gasteiger partial charge in [0.15, 0.2) is 0 Å². The number of carbonyl (C=O) groups is 1. The van der Waals surface area contributed by atoms with Crippen LogP contribution in [0.1, 0.15) is 5.89 Å². The molecule has 0 saturated carbocycles. The van der Waals surface area contributed by atoms with Crippen LogP contribution in [0.3, 0.4) is 0 Å². The van der Waals surface area contributed by atoms with Gasteiger partial charge >= 0.3 is 5.97 Å². The van der Waals surface area contributed by atoms with Gasteiger partial charge in [0.25, 0.3) is 5.89 Å². The highest BCUT2D eigenvalue weighted by Crippen LogP contribution is 2.29. The van der Waals surface area contributed by atoms with Crippen LogP contribution in [0.25, 0.3) is 10.8 Å². The van der Waals surface area contributed by atoms with Crippen molar-refractivity contribution in [2.75, 3.05) is 0 Å². The minimum Gasteiger partial charge on any atom is -0.481 e. The Morgan fingerprint density at radius 2 is 2.33 bits per heavy atom. The first kappa shape index (κ1) is 10.1. The molecule has 0 atom stereocenters. The minimum absolute atomic E-state index is 0.0852. The van der Waals surface area contributed by atoms with Crippen LogP contribution >= 0.6 is 22.9 Å². The quantitative estimate of drug-likeness (QED) is 0.895. The largest absolute Gasteiger partial charge is 0.481 e. The van der Waals surface area contributed by atoms with Gasteiger partial charge in [0.1, 0.15) is 6.42 Å². The number of rotatable bonds is 3. The fourth-order valence-electron chi connectivity index (χ4n) is 0.983. The highest BCUT2D eigenvalue weighted by Gasteiger charge is 2.12. The number of hydrogen-bond donors (Lipinski definition) is 1. The summed E-state index contributed by atoms with van der Waals surface area (Å²) in [5.41, 5.74) is 0. The van der Waals surface area contributed by atoms with Gasteiger partial charge in [-0.25, -0.2) is 0 Å². The zero-order valence-corrected chi connectivity index (χ0v) is 8.88. The third-order valence-corrected chi connectivity index (χ3v) is 2.77.